The second-order valence-electron chi connectivity index (χ2n) is 6.89. The van der Waals surface area contributed by atoms with Crippen LogP contribution in [0.2, 0.25) is 0 Å². The van der Waals surface area contributed by atoms with E-state index < -0.39 is 5.60 Å². The fourth-order valence-corrected chi connectivity index (χ4v) is 2.54. The Bertz CT molecular complexity index is 505. The van der Waals surface area contributed by atoms with Gasteiger partial charge in [0, 0.05) is 32.3 Å². The van der Waals surface area contributed by atoms with Crippen LogP contribution in [0, 0.1) is 0 Å². The van der Waals surface area contributed by atoms with Crippen LogP contribution in [0.3, 0.4) is 0 Å². The second-order valence-corrected chi connectivity index (χ2v) is 6.89. The molecule has 23 heavy (non-hydrogen) atoms. The van der Waals surface area contributed by atoms with E-state index in [2.05, 4.69) is 16.7 Å². The summed E-state index contributed by atoms with van der Waals surface area (Å²) in [6.07, 6.45) is 1.72. The molecule has 0 saturated carbocycles. The van der Waals surface area contributed by atoms with Gasteiger partial charge in [-0.1, -0.05) is 24.3 Å². The third-order valence-corrected chi connectivity index (χ3v) is 3.74. The van der Waals surface area contributed by atoms with Gasteiger partial charge in [0.15, 0.2) is 0 Å². The van der Waals surface area contributed by atoms with E-state index in [9.17, 15) is 4.79 Å². The van der Waals surface area contributed by atoms with Crippen molar-refractivity contribution in [2.24, 2.45) is 0 Å². The number of alkyl carbamates (subject to hydrolysis) is 1. The summed E-state index contributed by atoms with van der Waals surface area (Å²) in [6, 6.07) is 8.66. The van der Waals surface area contributed by atoms with E-state index in [1.165, 1.54) is 5.56 Å². The molecule has 128 valence electrons. The highest BCUT2D eigenvalue weighted by Gasteiger charge is 2.16. The van der Waals surface area contributed by atoms with E-state index in [4.69, 9.17) is 9.47 Å². The molecule has 0 atom stereocenters. The molecule has 1 aromatic rings. The number of hydrogen-bond donors (Lipinski definition) is 2. The normalized spacial score (nSPS) is 16.1. The van der Waals surface area contributed by atoms with Gasteiger partial charge in [0.05, 0.1) is 0 Å². The zero-order valence-corrected chi connectivity index (χ0v) is 14.4. The predicted octanol–water partition coefficient (Wildman–Crippen LogP) is 2.98. The van der Waals surface area contributed by atoms with Crippen molar-refractivity contribution in [1.82, 2.24) is 10.6 Å². The summed E-state index contributed by atoms with van der Waals surface area (Å²) in [5.74, 6) is 0. The molecular weight excluding hydrogens is 292 g/mol. The summed E-state index contributed by atoms with van der Waals surface area (Å²) >= 11 is 0. The molecule has 0 spiro atoms. The Morgan fingerprint density at radius 3 is 2.39 bits per heavy atom. The number of carbonyl (C=O) groups excluding carboxylic acids is 1. The SMILES string of the molecule is CC(C)(C)OC(=O)NCc1ccccc1CNC1CCOCC1. The Balaban J connectivity index is 1.85. The first-order valence-corrected chi connectivity index (χ1v) is 8.29. The van der Waals surface area contributed by atoms with E-state index in [1.54, 1.807) is 0 Å². The van der Waals surface area contributed by atoms with Crippen molar-refractivity contribution in [3.63, 3.8) is 0 Å². The van der Waals surface area contributed by atoms with Gasteiger partial charge in [0.1, 0.15) is 5.60 Å². The molecule has 0 aliphatic carbocycles. The number of nitrogens with one attached hydrogen (secondary N) is 2. The molecular formula is C18H28N2O3. The van der Waals surface area contributed by atoms with Crippen molar-refractivity contribution in [3.05, 3.63) is 35.4 Å². The van der Waals surface area contributed by atoms with E-state index in [0.717, 1.165) is 38.2 Å². The Morgan fingerprint density at radius 2 is 1.78 bits per heavy atom. The molecule has 0 bridgehead atoms. The third kappa shape index (κ3) is 6.59. The van der Waals surface area contributed by atoms with Crippen molar-refractivity contribution >= 4 is 6.09 Å². The van der Waals surface area contributed by atoms with Gasteiger partial charge in [-0.25, -0.2) is 4.79 Å². The summed E-state index contributed by atoms with van der Waals surface area (Å²) < 4.78 is 10.7. The largest absolute Gasteiger partial charge is 0.444 e. The average Bonchev–Trinajstić information content (AvgIpc) is 2.51. The summed E-state index contributed by atoms with van der Waals surface area (Å²) in [6.45, 7) is 8.52. The lowest BCUT2D eigenvalue weighted by Crippen LogP contribution is -2.35. The fraction of sp³-hybridized carbons (Fsp3) is 0.611. The van der Waals surface area contributed by atoms with Crippen molar-refractivity contribution in [2.45, 2.75) is 58.3 Å². The van der Waals surface area contributed by atoms with Crippen LogP contribution < -0.4 is 10.6 Å². The van der Waals surface area contributed by atoms with E-state index in [1.807, 2.05) is 39.0 Å². The van der Waals surface area contributed by atoms with E-state index in [-0.39, 0.29) is 6.09 Å². The second kappa shape index (κ2) is 8.31. The van der Waals surface area contributed by atoms with Gasteiger partial charge in [-0.05, 0) is 44.7 Å². The lowest BCUT2D eigenvalue weighted by Gasteiger charge is -2.24. The topological polar surface area (TPSA) is 59.6 Å². The maximum atomic E-state index is 11.8. The summed E-state index contributed by atoms with van der Waals surface area (Å²) in [7, 11) is 0. The minimum Gasteiger partial charge on any atom is -0.444 e. The Morgan fingerprint density at radius 1 is 1.17 bits per heavy atom. The van der Waals surface area contributed by atoms with Gasteiger partial charge in [-0.2, -0.15) is 0 Å². The fourth-order valence-electron chi connectivity index (χ4n) is 2.54. The molecule has 2 rings (SSSR count). The minimum atomic E-state index is -0.478. The van der Waals surface area contributed by atoms with Crippen molar-refractivity contribution in [2.75, 3.05) is 13.2 Å². The zero-order chi connectivity index (χ0) is 16.7. The van der Waals surface area contributed by atoms with E-state index in [0.29, 0.717) is 12.6 Å². The number of benzene rings is 1. The number of rotatable bonds is 5. The lowest BCUT2D eigenvalue weighted by molar-refractivity contribution is 0.0523. The number of hydrogen-bond acceptors (Lipinski definition) is 4. The molecule has 1 aliphatic heterocycles. The van der Waals surface area contributed by atoms with Crippen LogP contribution in [0.5, 0.6) is 0 Å². The van der Waals surface area contributed by atoms with Crippen LogP contribution in [0.25, 0.3) is 0 Å². The Kier molecular flexibility index (Phi) is 6.42. The van der Waals surface area contributed by atoms with Crippen LogP contribution in [0.1, 0.15) is 44.7 Å². The molecule has 0 aromatic heterocycles. The van der Waals surface area contributed by atoms with Gasteiger partial charge >= 0.3 is 6.09 Å². The first kappa shape index (κ1) is 17.8. The molecule has 1 aliphatic rings. The van der Waals surface area contributed by atoms with Crippen LogP contribution in [0.15, 0.2) is 24.3 Å². The number of carbonyl (C=O) groups is 1. The quantitative estimate of drug-likeness (QED) is 0.875. The highest BCUT2D eigenvalue weighted by atomic mass is 16.6. The summed E-state index contributed by atoms with van der Waals surface area (Å²) in [5.41, 5.74) is 1.83. The van der Waals surface area contributed by atoms with Gasteiger partial charge in [-0.15, -0.1) is 0 Å². The maximum Gasteiger partial charge on any atom is 0.407 e. The molecule has 1 heterocycles. The lowest BCUT2D eigenvalue weighted by atomic mass is 10.1. The van der Waals surface area contributed by atoms with Crippen molar-refractivity contribution < 1.29 is 14.3 Å². The monoisotopic (exact) mass is 320 g/mol. The molecule has 1 saturated heterocycles. The summed E-state index contributed by atoms with van der Waals surface area (Å²) in [4.78, 5) is 11.8. The van der Waals surface area contributed by atoms with Crippen molar-refractivity contribution in [1.29, 1.82) is 0 Å². The highest BCUT2D eigenvalue weighted by molar-refractivity contribution is 5.67. The molecule has 2 N–H and O–H groups in total. The van der Waals surface area contributed by atoms with Crippen LogP contribution in [-0.4, -0.2) is 30.9 Å². The van der Waals surface area contributed by atoms with Crippen LogP contribution in [0.4, 0.5) is 4.79 Å². The Hall–Kier alpha value is -1.59. The van der Waals surface area contributed by atoms with Crippen LogP contribution in [-0.2, 0) is 22.6 Å². The van der Waals surface area contributed by atoms with Gasteiger partial charge in [-0.3, -0.25) is 0 Å². The average molecular weight is 320 g/mol. The molecule has 0 unspecified atom stereocenters. The van der Waals surface area contributed by atoms with E-state index >= 15 is 0 Å². The first-order chi connectivity index (χ1) is 10.9. The smallest absolute Gasteiger partial charge is 0.407 e. The van der Waals surface area contributed by atoms with Gasteiger partial charge in [0.2, 0.25) is 0 Å². The number of amides is 1. The van der Waals surface area contributed by atoms with Gasteiger partial charge < -0.3 is 20.1 Å². The molecule has 5 heteroatoms. The zero-order valence-electron chi connectivity index (χ0n) is 14.4. The van der Waals surface area contributed by atoms with Crippen molar-refractivity contribution in [3.8, 4) is 0 Å². The molecule has 1 amide bonds. The number of ether oxygens (including phenoxy) is 2. The third-order valence-electron chi connectivity index (χ3n) is 3.74. The summed E-state index contributed by atoms with van der Waals surface area (Å²) in [5, 5.41) is 6.41. The first-order valence-electron chi connectivity index (χ1n) is 8.29. The molecule has 1 fully saturated rings. The molecule has 5 nitrogen and oxygen atoms in total. The molecule has 1 aromatic carbocycles. The van der Waals surface area contributed by atoms with Gasteiger partial charge in [0.25, 0.3) is 0 Å². The van der Waals surface area contributed by atoms with Crippen LogP contribution >= 0.6 is 0 Å². The molecule has 0 radical (unpaired) electrons. The Labute approximate surface area is 138 Å². The maximum absolute atomic E-state index is 11.8. The highest BCUT2D eigenvalue weighted by Crippen LogP contribution is 2.12. The predicted molar refractivity (Wildman–Crippen MR) is 90.2 cm³/mol. The standard InChI is InChI=1S/C18H28N2O3/c1-18(2,3)23-17(21)20-13-15-7-5-4-6-14(15)12-19-16-8-10-22-11-9-16/h4-7,16,19H,8-13H2,1-3H3,(H,20,21). The minimum absolute atomic E-state index is 0.385.